The van der Waals surface area contributed by atoms with Crippen LogP contribution >= 0.6 is 0 Å². The third-order valence-corrected chi connectivity index (χ3v) is 5.63. The highest BCUT2D eigenvalue weighted by Crippen LogP contribution is 2.23. The first-order valence-corrected chi connectivity index (χ1v) is 9.15. The van der Waals surface area contributed by atoms with Crippen LogP contribution in [0.25, 0.3) is 0 Å². The molecular weight excluding hydrogens is 274 g/mol. The van der Waals surface area contributed by atoms with E-state index < -0.39 is 10.2 Å². The van der Waals surface area contributed by atoms with Gasteiger partial charge < -0.3 is 5.73 Å². The Morgan fingerprint density at radius 1 is 1.15 bits per heavy atom. The Morgan fingerprint density at radius 2 is 1.70 bits per heavy atom. The lowest BCUT2D eigenvalue weighted by molar-refractivity contribution is 0.225. The highest BCUT2D eigenvalue weighted by molar-refractivity contribution is 7.86. The third-order valence-electron chi connectivity index (χ3n) is 3.61. The van der Waals surface area contributed by atoms with Crippen molar-refractivity contribution in [2.24, 2.45) is 17.6 Å². The molecule has 0 aromatic heterocycles. The van der Waals surface area contributed by atoms with Gasteiger partial charge in [0.25, 0.3) is 10.2 Å². The van der Waals surface area contributed by atoms with Gasteiger partial charge in [-0.1, -0.05) is 34.1 Å². The van der Waals surface area contributed by atoms with Gasteiger partial charge >= 0.3 is 0 Å². The van der Waals surface area contributed by atoms with Crippen molar-refractivity contribution in [3.63, 3.8) is 0 Å². The topological polar surface area (TPSA) is 66.6 Å². The van der Waals surface area contributed by atoms with Gasteiger partial charge in [-0.15, -0.1) is 0 Å². The average molecular weight is 305 g/mol. The predicted molar refractivity (Wildman–Crippen MR) is 83.6 cm³/mol. The number of nitrogens with zero attached hydrogens (tertiary/aromatic N) is 2. The molecular formula is C14H31N3O2S. The molecule has 0 aromatic rings. The van der Waals surface area contributed by atoms with Crippen LogP contribution in [0.15, 0.2) is 0 Å². The highest BCUT2D eigenvalue weighted by Gasteiger charge is 2.36. The summed E-state index contributed by atoms with van der Waals surface area (Å²) < 4.78 is 29.1. The van der Waals surface area contributed by atoms with Crippen molar-refractivity contribution in [3.8, 4) is 0 Å². The zero-order valence-corrected chi connectivity index (χ0v) is 14.2. The average Bonchev–Trinajstić information content (AvgIpc) is 2.36. The summed E-state index contributed by atoms with van der Waals surface area (Å²) in [6.45, 7) is 10.4. The van der Waals surface area contributed by atoms with Crippen molar-refractivity contribution >= 4 is 10.2 Å². The molecule has 1 atom stereocenters. The fourth-order valence-electron chi connectivity index (χ4n) is 2.74. The quantitative estimate of drug-likeness (QED) is 0.778. The van der Waals surface area contributed by atoms with E-state index >= 15 is 0 Å². The third kappa shape index (κ3) is 4.69. The van der Waals surface area contributed by atoms with Crippen molar-refractivity contribution in [3.05, 3.63) is 0 Å². The van der Waals surface area contributed by atoms with E-state index in [0.717, 1.165) is 19.3 Å². The maximum absolute atomic E-state index is 12.9. The summed E-state index contributed by atoms with van der Waals surface area (Å²) >= 11 is 0. The maximum atomic E-state index is 12.9. The SMILES string of the molecule is CC(C)CN(CC(C)C)S(=O)(=O)N1CCCCC1CN. The second-order valence-corrected chi connectivity index (χ2v) is 8.49. The molecule has 1 heterocycles. The van der Waals surface area contributed by atoms with Gasteiger partial charge in [-0.2, -0.15) is 17.0 Å². The molecule has 0 aliphatic carbocycles. The van der Waals surface area contributed by atoms with E-state index in [-0.39, 0.29) is 6.04 Å². The van der Waals surface area contributed by atoms with Crippen LogP contribution in [0.3, 0.4) is 0 Å². The van der Waals surface area contributed by atoms with Gasteiger partial charge in [0.1, 0.15) is 0 Å². The van der Waals surface area contributed by atoms with Gasteiger partial charge in [-0.3, -0.25) is 0 Å². The Labute approximate surface area is 124 Å². The first-order chi connectivity index (χ1) is 9.28. The van der Waals surface area contributed by atoms with Gasteiger partial charge in [0, 0.05) is 32.2 Å². The number of hydrogen-bond donors (Lipinski definition) is 1. The van der Waals surface area contributed by atoms with Gasteiger partial charge in [0.05, 0.1) is 0 Å². The Morgan fingerprint density at radius 3 is 2.15 bits per heavy atom. The molecule has 6 heteroatoms. The molecule has 1 unspecified atom stereocenters. The zero-order chi connectivity index (χ0) is 15.3. The first-order valence-electron chi connectivity index (χ1n) is 7.76. The minimum absolute atomic E-state index is 0.0319. The minimum Gasteiger partial charge on any atom is -0.329 e. The second kappa shape index (κ2) is 7.73. The summed E-state index contributed by atoms with van der Waals surface area (Å²) in [6, 6.07) is -0.0319. The van der Waals surface area contributed by atoms with Gasteiger partial charge in [-0.05, 0) is 24.7 Å². The van der Waals surface area contributed by atoms with Crippen LogP contribution in [0.4, 0.5) is 0 Å². The monoisotopic (exact) mass is 305 g/mol. The minimum atomic E-state index is -3.39. The predicted octanol–water partition coefficient (Wildman–Crippen LogP) is 1.66. The number of piperidine rings is 1. The second-order valence-electron chi connectivity index (χ2n) is 6.61. The number of nitrogens with two attached hydrogens (primary N) is 1. The highest BCUT2D eigenvalue weighted by atomic mass is 32.2. The van der Waals surface area contributed by atoms with E-state index in [9.17, 15) is 8.42 Å². The largest absolute Gasteiger partial charge is 0.329 e. The molecule has 0 saturated carbocycles. The molecule has 0 amide bonds. The van der Waals surface area contributed by atoms with E-state index in [1.807, 2.05) is 0 Å². The summed E-state index contributed by atoms with van der Waals surface area (Å²) in [6.07, 6.45) is 2.89. The fourth-order valence-corrected chi connectivity index (χ4v) is 4.94. The van der Waals surface area contributed by atoms with Crippen molar-refractivity contribution in [2.45, 2.75) is 53.0 Å². The van der Waals surface area contributed by atoms with E-state index in [1.54, 1.807) is 8.61 Å². The summed E-state index contributed by atoms with van der Waals surface area (Å²) in [4.78, 5) is 0. The molecule has 120 valence electrons. The number of rotatable bonds is 7. The summed E-state index contributed by atoms with van der Waals surface area (Å²) in [7, 11) is -3.39. The fraction of sp³-hybridized carbons (Fsp3) is 1.00. The molecule has 0 bridgehead atoms. The molecule has 1 fully saturated rings. The van der Waals surface area contributed by atoms with E-state index in [2.05, 4.69) is 27.7 Å². The van der Waals surface area contributed by atoms with Crippen LogP contribution in [-0.2, 0) is 10.2 Å². The van der Waals surface area contributed by atoms with Gasteiger partial charge in [0.15, 0.2) is 0 Å². The van der Waals surface area contributed by atoms with Crippen LogP contribution in [-0.4, -0.2) is 49.2 Å². The van der Waals surface area contributed by atoms with Crippen LogP contribution in [0.5, 0.6) is 0 Å². The number of hydrogen-bond acceptors (Lipinski definition) is 3. The molecule has 1 saturated heterocycles. The smallest absolute Gasteiger partial charge is 0.282 e. The molecule has 2 N–H and O–H groups in total. The van der Waals surface area contributed by atoms with Crippen LogP contribution in [0.1, 0.15) is 47.0 Å². The summed E-state index contributed by atoms with van der Waals surface area (Å²) in [5, 5.41) is 0. The summed E-state index contributed by atoms with van der Waals surface area (Å²) in [5.74, 6) is 0.647. The lowest BCUT2D eigenvalue weighted by atomic mass is 10.1. The lowest BCUT2D eigenvalue weighted by Gasteiger charge is -2.38. The molecule has 20 heavy (non-hydrogen) atoms. The molecule has 5 nitrogen and oxygen atoms in total. The van der Waals surface area contributed by atoms with Crippen molar-refractivity contribution in [1.29, 1.82) is 0 Å². The normalized spacial score (nSPS) is 22.1. The van der Waals surface area contributed by atoms with Crippen LogP contribution in [0, 0.1) is 11.8 Å². The van der Waals surface area contributed by atoms with Crippen LogP contribution in [0.2, 0.25) is 0 Å². The Bertz CT molecular complexity index is 372. The standard InChI is InChI=1S/C14H31N3O2S/c1-12(2)10-16(11-13(3)4)20(18,19)17-8-6-5-7-14(17)9-15/h12-14H,5-11,15H2,1-4H3. The van der Waals surface area contributed by atoms with Crippen molar-refractivity contribution in [2.75, 3.05) is 26.2 Å². The first kappa shape index (κ1) is 17.9. The molecule has 1 rings (SSSR count). The Kier molecular flexibility index (Phi) is 6.91. The van der Waals surface area contributed by atoms with E-state index in [4.69, 9.17) is 5.73 Å². The molecule has 1 aliphatic heterocycles. The van der Waals surface area contributed by atoms with Crippen LogP contribution < -0.4 is 5.73 Å². The molecule has 0 spiro atoms. The van der Waals surface area contributed by atoms with Gasteiger partial charge in [-0.25, -0.2) is 0 Å². The zero-order valence-electron chi connectivity index (χ0n) is 13.4. The van der Waals surface area contributed by atoms with E-state index in [0.29, 0.717) is 38.0 Å². The van der Waals surface area contributed by atoms with Crippen molar-refractivity contribution < 1.29 is 8.42 Å². The lowest BCUT2D eigenvalue weighted by Crippen LogP contribution is -2.54. The molecule has 0 radical (unpaired) electrons. The van der Waals surface area contributed by atoms with E-state index in [1.165, 1.54) is 0 Å². The molecule has 1 aliphatic rings. The molecule has 0 aromatic carbocycles. The Hall–Kier alpha value is -0.170. The Balaban J connectivity index is 2.95. The summed E-state index contributed by atoms with van der Waals surface area (Å²) in [5.41, 5.74) is 5.77. The van der Waals surface area contributed by atoms with Crippen molar-refractivity contribution in [1.82, 2.24) is 8.61 Å². The maximum Gasteiger partial charge on any atom is 0.282 e. The van der Waals surface area contributed by atoms with Gasteiger partial charge in [0.2, 0.25) is 0 Å².